The molecule has 1 aromatic heterocycles. The summed E-state index contributed by atoms with van der Waals surface area (Å²) in [5.41, 5.74) is 2.29. The highest BCUT2D eigenvalue weighted by molar-refractivity contribution is 9.10. The van der Waals surface area contributed by atoms with Gasteiger partial charge in [-0.05, 0) is 40.0 Å². The quantitative estimate of drug-likeness (QED) is 0.868. The molecule has 0 aliphatic carbocycles. The Balaban J connectivity index is 2.23. The summed E-state index contributed by atoms with van der Waals surface area (Å²) in [7, 11) is 1.68. The molecule has 5 heteroatoms. The Morgan fingerprint density at radius 1 is 1.44 bits per heavy atom. The van der Waals surface area contributed by atoms with Crippen molar-refractivity contribution in [3.05, 3.63) is 40.4 Å². The van der Waals surface area contributed by atoms with Gasteiger partial charge in [0, 0.05) is 0 Å². The summed E-state index contributed by atoms with van der Waals surface area (Å²) in [5.74, 6) is 0.904. The van der Waals surface area contributed by atoms with Gasteiger partial charge in [0.05, 0.1) is 13.7 Å². The number of halogens is 1. The van der Waals surface area contributed by atoms with E-state index in [4.69, 9.17) is 4.74 Å². The Kier molecular flexibility index (Phi) is 3.24. The van der Waals surface area contributed by atoms with Gasteiger partial charge in [-0.3, -0.25) is 0 Å². The van der Waals surface area contributed by atoms with E-state index in [9.17, 15) is 0 Å². The van der Waals surface area contributed by atoms with Gasteiger partial charge >= 0.3 is 0 Å². The van der Waals surface area contributed by atoms with Crippen LogP contribution in [0.4, 0.5) is 0 Å². The largest absolute Gasteiger partial charge is 0.496 e. The average molecular weight is 282 g/mol. The summed E-state index contributed by atoms with van der Waals surface area (Å²) in [6, 6.07) is 6.09. The minimum absolute atomic E-state index is 0.700. The predicted octanol–water partition coefficient (Wildman–Crippen LogP) is 2.41. The fraction of sp³-hybridized carbons (Fsp3) is 0.273. The summed E-state index contributed by atoms with van der Waals surface area (Å²) in [4.78, 5) is 4.01. The summed E-state index contributed by atoms with van der Waals surface area (Å²) >= 11 is 3.34. The Morgan fingerprint density at radius 2 is 2.25 bits per heavy atom. The molecule has 0 aliphatic heterocycles. The first-order valence-corrected chi connectivity index (χ1v) is 5.67. The second-order valence-corrected chi connectivity index (χ2v) is 4.20. The minimum Gasteiger partial charge on any atom is -0.496 e. The van der Waals surface area contributed by atoms with Gasteiger partial charge < -0.3 is 4.74 Å². The summed E-state index contributed by atoms with van der Waals surface area (Å²) in [6.45, 7) is 2.73. The maximum atomic E-state index is 5.21. The lowest BCUT2D eigenvalue weighted by molar-refractivity contribution is 0.411. The highest BCUT2D eigenvalue weighted by atomic mass is 79.9. The van der Waals surface area contributed by atoms with Crippen molar-refractivity contribution >= 4 is 15.9 Å². The van der Waals surface area contributed by atoms with E-state index in [1.807, 2.05) is 19.1 Å². The van der Waals surface area contributed by atoms with E-state index >= 15 is 0 Å². The van der Waals surface area contributed by atoms with Crippen molar-refractivity contribution in [3.8, 4) is 5.75 Å². The lowest BCUT2D eigenvalue weighted by Gasteiger charge is -2.07. The van der Waals surface area contributed by atoms with Gasteiger partial charge in [0.2, 0.25) is 0 Å². The number of benzene rings is 1. The molecule has 1 heterocycles. The van der Waals surface area contributed by atoms with Gasteiger partial charge in [-0.1, -0.05) is 12.1 Å². The molecule has 2 rings (SSSR count). The lowest BCUT2D eigenvalue weighted by Crippen LogP contribution is -2.02. The highest BCUT2D eigenvalue weighted by Crippen LogP contribution is 2.19. The third-order valence-electron chi connectivity index (χ3n) is 2.36. The molecular weight excluding hydrogens is 270 g/mol. The van der Waals surface area contributed by atoms with E-state index in [2.05, 4.69) is 32.1 Å². The zero-order valence-corrected chi connectivity index (χ0v) is 10.7. The molecular formula is C11H12BrN3O. The van der Waals surface area contributed by atoms with E-state index in [0.717, 1.165) is 16.0 Å². The van der Waals surface area contributed by atoms with E-state index in [-0.39, 0.29) is 0 Å². The first-order chi connectivity index (χ1) is 7.70. The molecule has 0 fully saturated rings. The number of aromatic nitrogens is 3. The molecule has 0 saturated heterocycles. The fourth-order valence-electron chi connectivity index (χ4n) is 1.57. The molecule has 0 aliphatic rings. The van der Waals surface area contributed by atoms with E-state index in [0.29, 0.717) is 6.54 Å². The number of nitrogens with zero attached hydrogens (tertiary/aromatic N) is 3. The minimum atomic E-state index is 0.700. The van der Waals surface area contributed by atoms with Crippen LogP contribution in [-0.4, -0.2) is 21.9 Å². The number of aryl methyl sites for hydroxylation is 1. The van der Waals surface area contributed by atoms with E-state index in [1.54, 1.807) is 11.8 Å². The first kappa shape index (κ1) is 11.1. The van der Waals surface area contributed by atoms with Crippen molar-refractivity contribution in [1.82, 2.24) is 14.8 Å². The summed E-state index contributed by atoms with van der Waals surface area (Å²) < 4.78 is 7.74. The zero-order chi connectivity index (χ0) is 11.5. The molecule has 0 bridgehead atoms. The molecule has 0 N–H and O–H groups in total. The smallest absolute Gasteiger partial charge is 0.195 e. The number of ether oxygens (including phenoxy) is 1. The fourth-order valence-corrected chi connectivity index (χ4v) is 1.88. The second kappa shape index (κ2) is 4.65. The molecule has 84 valence electrons. The standard InChI is InChI=1S/C11H12BrN3O/c1-8-5-9(3-4-10(8)16-2)6-15-11(12)13-7-14-15/h3-5,7H,6H2,1-2H3. The third-order valence-corrected chi connectivity index (χ3v) is 2.97. The van der Waals surface area contributed by atoms with Crippen molar-refractivity contribution in [2.75, 3.05) is 7.11 Å². The monoisotopic (exact) mass is 281 g/mol. The lowest BCUT2D eigenvalue weighted by atomic mass is 10.1. The van der Waals surface area contributed by atoms with Crippen LogP contribution < -0.4 is 4.74 Å². The van der Waals surface area contributed by atoms with Crippen molar-refractivity contribution in [1.29, 1.82) is 0 Å². The molecule has 0 unspecified atom stereocenters. The van der Waals surface area contributed by atoms with Crippen molar-refractivity contribution in [2.24, 2.45) is 0 Å². The van der Waals surface area contributed by atoms with Crippen molar-refractivity contribution < 1.29 is 4.74 Å². The molecule has 1 aromatic carbocycles. The molecule has 16 heavy (non-hydrogen) atoms. The van der Waals surface area contributed by atoms with Gasteiger partial charge in [0.1, 0.15) is 12.1 Å². The third kappa shape index (κ3) is 2.24. The molecule has 0 saturated carbocycles. The molecule has 4 nitrogen and oxygen atoms in total. The van der Waals surface area contributed by atoms with Crippen LogP contribution >= 0.6 is 15.9 Å². The van der Waals surface area contributed by atoms with Crippen LogP contribution in [0.2, 0.25) is 0 Å². The number of hydrogen-bond acceptors (Lipinski definition) is 3. The van der Waals surface area contributed by atoms with Crippen LogP contribution in [0.1, 0.15) is 11.1 Å². The predicted molar refractivity (Wildman–Crippen MR) is 64.6 cm³/mol. The average Bonchev–Trinajstić information content (AvgIpc) is 2.65. The Bertz CT molecular complexity index is 496. The van der Waals surface area contributed by atoms with Crippen LogP contribution in [0.15, 0.2) is 29.3 Å². The van der Waals surface area contributed by atoms with Crippen molar-refractivity contribution in [3.63, 3.8) is 0 Å². The molecule has 0 radical (unpaired) electrons. The van der Waals surface area contributed by atoms with Crippen LogP contribution in [-0.2, 0) is 6.54 Å². The molecule has 0 atom stereocenters. The zero-order valence-electron chi connectivity index (χ0n) is 9.14. The summed E-state index contributed by atoms with van der Waals surface area (Å²) in [5, 5.41) is 4.11. The van der Waals surface area contributed by atoms with E-state index < -0.39 is 0 Å². The normalized spacial score (nSPS) is 10.4. The van der Waals surface area contributed by atoms with Crippen LogP contribution in [0.25, 0.3) is 0 Å². The van der Waals surface area contributed by atoms with Gasteiger partial charge in [-0.2, -0.15) is 5.10 Å². The molecule has 0 spiro atoms. The number of rotatable bonds is 3. The van der Waals surface area contributed by atoms with Gasteiger partial charge in [-0.25, -0.2) is 9.67 Å². The molecule has 2 aromatic rings. The van der Waals surface area contributed by atoms with Crippen LogP contribution in [0.5, 0.6) is 5.75 Å². The summed E-state index contributed by atoms with van der Waals surface area (Å²) in [6.07, 6.45) is 1.53. The highest BCUT2D eigenvalue weighted by Gasteiger charge is 2.03. The van der Waals surface area contributed by atoms with Gasteiger partial charge in [-0.15, -0.1) is 0 Å². The Labute approximate surface area is 102 Å². The van der Waals surface area contributed by atoms with E-state index in [1.165, 1.54) is 11.9 Å². The van der Waals surface area contributed by atoms with Gasteiger partial charge in [0.15, 0.2) is 4.73 Å². The second-order valence-electron chi connectivity index (χ2n) is 3.49. The van der Waals surface area contributed by atoms with Crippen LogP contribution in [0, 0.1) is 6.92 Å². The Hall–Kier alpha value is -1.36. The SMILES string of the molecule is COc1ccc(Cn2ncnc2Br)cc1C. The van der Waals surface area contributed by atoms with Crippen LogP contribution in [0.3, 0.4) is 0 Å². The molecule has 0 amide bonds. The van der Waals surface area contributed by atoms with Crippen molar-refractivity contribution in [2.45, 2.75) is 13.5 Å². The maximum Gasteiger partial charge on any atom is 0.195 e. The Morgan fingerprint density at radius 3 is 2.81 bits per heavy atom. The number of hydrogen-bond donors (Lipinski definition) is 0. The number of methoxy groups -OCH3 is 1. The topological polar surface area (TPSA) is 39.9 Å². The van der Waals surface area contributed by atoms with Gasteiger partial charge in [0.25, 0.3) is 0 Å². The first-order valence-electron chi connectivity index (χ1n) is 4.87. The maximum absolute atomic E-state index is 5.21.